The number of aromatic nitrogens is 8. The molecule has 4 saturated heterocycles. The molecule has 6 N–H and O–H groups in total. The first-order valence-electron chi connectivity index (χ1n) is 39.4. The lowest BCUT2D eigenvalue weighted by Crippen LogP contribution is -2.51. The average Bonchev–Trinajstić information content (AvgIpc) is 1.67. The van der Waals surface area contributed by atoms with Crippen molar-refractivity contribution in [1.29, 1.82) is 0 Å². The van der Waals surface area contributed by atoms with E-state index in [4.69, 9.17) is 29.4 Å². The van der Waals surface area contributed by atoms with Crippen LogP contribution in [-0.4, -0.2) is 185 Å². The van der Waals surface area contributed by atoms with Gasteiger partial charge in [-0.05, 0) is 183 Å². The van der Waals surface area contributed by atoms with Crippen molar-refractivity contribution in [2.45, 2.75) is 223 Å². The molecule has 24 heteroatoms. The maximum Gasteiger partial charge on any atom is 0.408 e. The van der Waals surface area contributed by atoms with Gasteiger partial charge in [0.2, 0.25) is 23.6 Å². The third-order valence-corrected chi connectivity index (χ3v) is 24.0. The first kappa shape index (κ1) is 76.1. The van der Waals surface area contributed by atoms with E-state index in [9.17, 15) is 28.8 Å². The molecule has 4 aliphatic heterocycles. The molecule has 2 saturated carbocycles. The Labute approximate surface area is 630 Å². The zero-order valence-electron chi connectivity index (χ0n) is 64.5. The molecule has 4 aromatic heterocycles. The van der Waals surface area contributed by atoms with Crippen molar-refractivity contribution in [2.75, 3.05) is 61.5 Å². The minimum Gasteiger partial charge on any atom is -0.453 e. The number of carbonyl (C=O) groups is 6. The first-order valence-corrected chi connectivity index (χ1v) is 39.4. The van der Waals surface area contributed by atoms with E-state index in [1.807, 2.05) is 129 Å². The van der Waals surface area contributed by atoms with Crippen molar-refractivity contribution in [2.24, 2.45) is 17.8 Å². The summed E-state index contributed by atoms with van der Waals surface area (Å²) in [7, 11) is 9.18. The molecule has 3 aromatic carbocycles. The molecule has 0 radical (unpaired) electrons. The predicted octanol–water partition coefficient (Wildman–Crippen LogP) is 13.7. The topological polar surface area (TPSA) is 279 Å². The summed E-state index contributed by atoms with van der Waals surface area (Å²) in [5, 5.41) is 5.70. The highest BCUT2D eigenvalue weighted by Gasteiger charge is 2.43. The van der Waals surface area contributed by atoms with Gasteiger partial charge in [0.05, 0.1) is 60.6 Å². The van der Waals surface area contributed by atoms with Crippen molar-refractivity contribution >= 4 is 35.8 Å². The van der Waals surface area contributed by atoms with Crippen LogP contribution in [0.15, 0.2) is 97.5 Å². The number of imidazole rings is 4. The quantitative estimate of drug-likeness (QED) is 0.0328. The maximum absolute atomic E-state index is 14.8. The monoisotopic (exact) mass is 1460 g/mol. The van der Waals surface area contributed by atoms with Crippen LogP contribution in [0.25, 0.3) is 22.5 Å². The minimum absolute atomic E-state index is 0.0490. The third kappa shape index (κ3) is 16.6. The maximum atomic E-state index is 14.8. The summed E-state index contributed by atoms with van der Waals surface area (Å²) in [6.45, 7) is 14.0. The van der Waals surface area contributed by atoms with Crippen molar-refractivity contribution < 1.29 is 38.2 Å². The summed E-state index contributed by atoms with van der Waals surface area (Å²) < 4.78 is 11.0. The normalized spacial score (nSPS) is 23.2. The number of hydrogen-bond acceptors (Lipinski definition) is 14. The van der Waals surface area contributed by atoms with Gasteiger partial charge in [-0.2, -0.15) is 0 Å². The summed E-state index contributed by atoms with van der Waals surface area (Å²) in [5.74, 6) is 4.03. The molecule has 8 atom stereocenters. The summed E-state index contributed by atoms with van der Waals surface area (Å²) >= 11 is 0. The number of benzene rings is 3. The molecule has 7 aromatic rings. The number of nitrogens with one attached hydrogen (secondary N) is 6. The molecule has 6 amide bonds. The van der Waals surface area contributed by atoms with E-state index >= 15 is 0 Å². The van der Waals surface area contributed by atoms with Gasteiger partial charge in [-0.1, -0.05) is 120 Å². The van der Waals surface area contributed by atoms with E-state index in [1.165, 1.54) is 18.2 Å². The van der Waals surface area contributed by atoms with Gasteiger partial charge in [-0.25, -0.2) is 29.5 Å². The van der Waals surface area contributed by atoms with Crippen LogP contribution in [0.2, 0.25) is 0 Å². The molecular formula is C83H112N16O8. The van der Waals surface area contributed by atoms with Gasteiger partial charge in [0.15, 0.2) is 0 Å². The van der Waals surface area contributed by atoms with Gasteiger partial charge in [0.1, 0.15) is 48.0 Å². The minimum atomic E-state index is -0.897. The summed E-state index contributed by atoms with van der Waals surface area (Å²) in [5.41, 5.74) is 9.65. The van der Waals surface area contributed by atoms with E-state index in [1.54, 1.807) is 4.90 Å². The van der Waals surface area contributed by atoms with Crippen LogP contribution in [0, 0.1) is 17.8 Å². The van der Waals surface area contributed by atoms with Crippen LogP contribution in [0.3, 0.4) is 0 Å². The number of alkyl carbamates (subject to hydrolysis) is 2. The number of ether oxygens (including phenoxy) is 2. The van der Waals surface area contributed by atoms with Gasteiger partial charge < -0.3 is 59.6 Å². The lowest BCUT2D eigenvalue weighted by atomic mass is 9.77. The molecule has 13 rings (SSSR count). The number of likely N-dealkylation sites (N-methyl/N-ethyl adjacent to an activating group) is 2. The van der Waals surface area contributed by atoms with Crippen molar-refractivity contribution in [3.8, 4) is 22.5 Å². The number of hydrogen-bond donors (Lipinski definition) is 6. The van der Waals surface area contributed by atoms with E-state index in [2.05, 4.69) is 92.9 Å². The Morgan fingerprint density at radius 3 is 1.36 bits per heavy atom. The molecule has 24 nitrogen and oxygen atoms in total. The van der Waals surface area contributed by atoms with Gasteiger partial charge >= 0.3 is 12.2 Å². The number of likely N-dealkylation sites (tertiary alicyclic amines) is 4. The summed E-state index contributed by atoms with van der Waals surface area (Å²) in [4.78, 5) is 130. The number of methoxy groups -OCH3 is 1. The fourth-order valence-electron chi connectivity index (χ4n) is 18.2. The summed E-state index contributed by atoms with van der Waals surface area (Å²) in [6, 6.07) is 24.2. The fourth-order valence-corrected chi connectivity index (χ4v) is 18.2. The molecule has 6 aliphatic rings. The van der Waals surface area contributed by atoms with Crippen LogP contribution < -0.4 is 10.6 Å². The predicted molar refractivity (Wildman–Crippen MR) is 409 cm³/mol. The van der Waals surface area contributed by atoms with Gasteiger partial charge in [-0.15, -0.1) is 0 Å². The number of H-pyrrole nitrogens is 4. The third-order valence-electron chi connectivity index (χ3n) is 24.0. The standard InChI is InChI=1S/C83H112N16O8/c1-49(2)69(92-82(104)106-11)78(100)97-42-18-24-68(97)77-90-64(71(91-77)59-39-31-55(32-40-59)54-29-37-58(38-30-54)62-46-85-75(88-62)66-22-16-43-98(66)80(102)72(51(5)6)94(7)8)48-107-83(105)93-70(50(3)4)79(101)96-41-15-21-65(96)74-84-45-61(87-74)56-33-25-52(26-34-56)53-27-35-57(36-28-53)63-47-86-76(89-63)67-23-17-44-99(67)81(103)73(95(9)10)60-19-13-12-14-20-60/h12-14,19-20,25-26,31-34,39-40,45-47,49-51,53-54,57-58,65-70,72-73H,15-18,21-24,27-30,35-38,41-44,48H2,1-11H3,(H,84,87)(H,85,88)(H,86,89)(H,90,91)(H,92,104)(H,93,105). The zero-order valence-corrected chi connectivity index (χ0v) is 64.5. The van der Waals surface area contributed by atoms with E-state index in [-0.39, 0.29) is 78.2 Å². The van der Waals surface area contributed by atoms with Crippen LogP contribution >= 0.6 is 0 Å². The molecule has 107 heavy (non-hydrogen) atoms. The number of rotatable bonds is 24. The van der Waals surface area contributed by atoms with Gasteiger partial charge in [0, 0.05) is 67.4 Å². The molecule has 2 aliphatic carbocycles. The lowest BCUT2D eigenvalue weighted by Gasteiger charge is -2.33. The lowest BCUT2D eigenvalue weighted by molar-refractivity contribution is -0.139. The highest BCUT2D eigenvalue weighted by Crippen LogP contribution is 2.45. The number of amides is 6. The van der Waals surface area contributed by atoms with E-state index < -0.39 is 30.3 Å². The Hall–Kier alpha value is -9.16. The molecule has 8 unspecified atom stereocenters. The molecule has 0 spiro atoms. The fraction of sp³-hybridized carbons (Fsp3) is 0.566. The Morgan fingerprint density at radius 1 is 0.467 bits per heavy atom. The van der Waals surface area contributed by atoms with E-state index in [0.29, 0.717) is 72.6 Å². The molecular weight excluding hydrogens is 1350 g/mol. The Kier molecular flexibility index (Phi) is 23.8. The van der Waals surface area contributed by atoms with Crippen LogP contribution in [0.5, 0.6) is 0 Å². The Morgan fingerprint density at radius 2 is 0.897 bits per heavy atom. The molecule has 572 valence electrons. The SMILES string of the molecule is COC(=O)NC(C(=O)N1CCCC1c1nc(-c2ccc(C3CCC(c4cnc(C5CCCN5C(=O)C(C(C)C)N(C)C)[nH]4)CC3)cc2)c(COC(=O)NC(C(=O)N2CCCC2c2ncc(-c3ccc(C4CCC(c5cnc(C6CCCN6C(=O)C(c6ccccc6)N(C)C)[nH]5)CC4)cc3)[nH]2)C(C)C)[nH]1)C(C)C. The Bertz CT molecular complexity index is 4170. The number of aromatic amines is 4. The average molecular weight is 1460 g/mol. The zero-order chi connectivity index (χ0) is 75.3. The smallest absolute Gasteiger partial charge is 0.408 e. The van der Waals surface area contributed by atoms with Crippen molar-refractivity contribution in [1.82, 2.24) is 79.9 Å². The van der Waals surface area contributed by atoms with Crippen molar-refractivity contribution in [3.63, 3.8) is 0 Å². The highest BCUT2D eigenvalue weighted by atomic mass is 16.5. The highest BCUT2D eigenvalue weighted by molar-refractivity contribution is 5.88. The largest absolute Gasteiger partial charge is 0.453 e. The first-order chi connectivity index (χ1) is 51.6. The second-order valence-electron chi connectivity index (χ2n) is 32.4. The Balaban J connectivity index is 0.634. The number of carbonyl (C=O) groups excluding carboxylic acids is 6. The number of nitrogens with zero attached hydrogens (tertiary/aromatic N) is 10. The van der Waals surface area contributed by atoms with Crippen LogP contribution in [0.4, 0.5) is 9.59 Å². The second kappa shape index (κ2) is 33.5. The van der Waals surface area contributed by atoms with Crippen molar-refractivity contribution in [3.05, 3.63) is 155 Å². The second-order valence-corrected chi connectivity index (χ2v) is 32.4. The van der Waals surface area contributed by atoms with Crippen LogP contribution in [0.1, 0.15) is 255 Å². The molecule has 6 fully saturated rings. The molecule has 8 heterocycles. The van der Waals surface area contributed by atoms with E-state index in [0.717, 1.165) is 148 Å². The molecule has 0 bridgehead atoms. The summed E-state index contributed by atoms with van der Waals surface area (Å²) in [6.07, 6.45) is 19.2. The van der Waals surface area contributed by atoms with Gasteiger partial charge in [-0.3, -0.25) is 29.0 Å². The van der Waals surface area contributed by atoms with Crippen LogP contribution in [-0.2, 0) is 35.3 Å². The van der Waals surface area contributed by atoms with Gasteiger partial charge in [0.25, 0.3) is 0 Å².